The molecule has 5 nitrogen and oxygen atoms in total. The highest BCUT2D eigenvalue weighted by atomic mass is 16.6. The molecule has 1 saturated heterocycles. The molecular weight excluding hydrogens is 338 g/mol. The Bertz CT molecular complexity index is 703. The molecule has 5 heteroatoms. The largest absolute Gasteiger partial charge is 0.444 e. The Morgan fingerprint density at radius 2 is 1.85 bits per heavy atom. The predicted molar refractivity (Wildman–Crippen MR) is 107 cm³/mol. The van der Waals surface area contributed by atoms with Crippen LogP contribution in [-0.2, 0) is 4.74 Å². The van der Waals surface area contributed by atoms with Crippen LogP contribution < -0.4 is 5.32 Å². The lowest BCUT2D eigenvalue weighted by Gasteiger charge is -2.33. The molecule has 1 amide bonds. The SMILES string of the molecule is CC(C)(C)OC(=O)N1CCC(c2ccc(NC3CCCC3)c(C#N)c2)CC1. The number of likely N-dealkylation sites (tertiary alicyclic amines) is 1. The van der Waals surface area contributed by atoms with E-state index in [0.29, 0.717) is 25.0 Å². The van der Waals surface area contributed by atoms with Gasteiger partial charge in [0.15, 0.2) is 0 Å². The van der Waals surface area contributed by atoms with Gasteiger partial charge in [-0.3, -0.25) is 0 Å². The lowest BCUT2D eigenvalue weighted by atomic mass is 9.88. The van der Waals surface area contributed by atoms with Gasteiger partial charge in [0.1, 0.15) is 11.7 Å². The van der Waals surface area contributed by atoms with Gasteiger partial charge >= 0.3 is 6.09 Å². The molecule has 1 aliphatic carbocycles. The highest BCUT2D eigenvalue weighted by Crippen LogP contribution is 2.32. The standard InChI is InChI=1S/C22H31N3O2/c1-22(2,3)27-21(26)25-12-10-16(11-13-25)17-8-9-20(18(14-17)15-23)24-19-6-4-5-7-19/h8-9,14,16,19,24H,4-7,10-13H2,1-3H3. The van der Waals surface area contributed by atoms with Gasteiger partial charge in [-0.15, -0.1) is 0 Å². The highest BCUT2D eigenvalue weighted by Gasteiger charge is 2.28. The number of ether oxygens (including phenoxy) is 1. The first-order valence-corrected chi connectivity index (χ1v) is 10.1. The fraction of sp³-hybridized carbons (Fsp3) is 0.636. The third kappa shape index (κ3) is 5.15. The van der Waals surface area contributed by atoms with E-state index in [2.05, 4.69) is 23.5 Å². The predicted octanol–water partition coefficient (Wildman–Crippen LogP) is 5.03. The smallest absolute Gasteiger partial charge is 0.410 e. The monoisotopic (exact) mass is 369 g/mol. The molecule has 0 atom stereocenters. The number of carbonyl (C=O) groups excluding carboxylic acids is 1. The van der Waals surface area contributed by atoms with Crippen molar-refractivity contribution in [1.82, 2.24) is 4.90 Å². The summed E-state index contributed by atoms with van der Waals surface area (Å²) in [7, 11) is 0. The number of hydrogen-bond donors (Lipinski definition) is 1. The van der Waals surface area contributed by atoms with E-state index < -0.39 is 5.60 Å². The molecule has 2 aliphatic rings. The molecule has 2 fully saturated rings. The zero-order valence-electron chi connectivity index (χ0n) is 16.8. The van der Waals surface area contributed by atoms with Gasteiger partial charge < -0.3 is 15.0 Å². The Kier molecular flexibility index (Phi) is 5.94. The van der Waals surface area contributed by atoms with Gasteiger partial charge in [-0.25, -0.2) is 4.79 Å². The number of carbonyl (C=O) groups is 1. The maximum absolute atomic E-state index is 12.2. The number of nitriles is 1. The minimum atomic E-state index is -0.461. The van der Waals surface area contributed by atoms with E-state index in [1.165, 1.54) is 31.2 Å². The topological polar surface area (TPSA) is 65.4 Å². The average Bonchev–Trinajstić information content (AvgIpc) is 3.14. The molecule has 0 spiro atoms. The number of anilines is 1. The molecule has 27 heavy (non-hydrogen) atoms. The number of piperidine rings is 1. The number of amides is 1. The lowest BCUT2D eigenvalue weighted by Crippen LogP contribution is -2.41. The van der Waals surface area contributed by atoms with Gasteiger partial charge in [-0.2, -0.15) is 5.26 Å². The van der Waals surface area contributed by atoms with Gasteiger partial charge in [0, 0.05) is 19.1 Å². The molecular formula is C22H31N3O2. The van der Waals surface area contributed by atoms with Gasteiger partial charge in [0.2, 0.25) is 0 Å². The summed E-state index contributed by atoms with van der Waals surface area (Å²) >= 11 is 0. The summed E-state index contributed by atoms with van der Waals surface area (Å²) in [6, 6.07) is 9.09. The number of rotatable bonds is 3. The summed E-state index contributed by atoms with van der Waals surface area (Å²) in [5.74, 6) is 0.385. The summed E-state index contributed by atoms with van der Waals surface area (Å²) < 4.78 is 5.47. The molecule has 146 valence electrons. The van der Waals surface area contributed by atoms with Crippen LogP contribution in [0, 0.1) is 11.3 Å². The first-order chi connectivity index (χ1) is 12.9. The Hall–Kier alpha value is -2.22. The van der Waals surface area contributed by atoms with Crippen LogP contribution in [0.15, 0.2) is 18.2 Å². The summed E-state index contributed by atoms with van der Waals surface area (Å²) in [5, 5.41) is 13.1. The van der Waals surface area contributed by atoms with E-state index in [4.69, 9.17) is 4.74 Å². The summed E-state index contributed by atoms with van der Waals surface area (Å²) in [5.41, 5.74) is 2.43. The van der Waals surface area contributed by atoms with Crippen molar-refractivity contribution >= 4 is 11.8 Å². The van der Waals surface area contributed by atoms with Gasteiger partial charge in [-0.05, 0) is 70.1 Å². The van der Waals surface area contributed by atoms with Crippen molar-refractivity contribution in [3.05, 3.63) is 29.3 Å². The Morgan fingerprint density at radius 1 is 1.19 bits per heavy atom. The number of hydrogen-bond acceptors (Lipinski definition) is 4. The third-order valence-corrected chi connectivity index (χ3v) is 5.50. The molecule has 0 bridgehead atoms. The minimum Gasteiger partial charge on any atom is -0.444 e. The van der Waals surface area contributed by atoms with E-state index in [9.17, 15) is 10.1 Å². The first kappa shape index (κ1) is 19.5. The Morgan fingerprint density at radius 3 is 2.44 bits per heavy atom. The van der Waals surface area contributed by atoms with E-state index in [0.717, 1.165) is 24.1 Å². The van der Waals surface area contributed by atoms with Crippen molar-refractivity contribution in [2.24, 2.45) is 0 Å². The second-order valence-corrected chi connectivity index (χ2v) is 8.78. The van der Waals surface area contributed by atoms with Gasteiger partial charge in [0.25, 0.3) is 0 Å². The van der Waals surface area contributed by atoms with Crippen LogP contribution in [0.3, 0.4) is 0 Å². The molecule has 1 saturated carbocycles. The fourth-order valence-corrected chi connectivity index (χ4v) is 4.05. The Balaban J connectivity index is 1.61. The maximum Gasteiger partial charge on any atom is 0.410 e. The number of benzene rings is 1. The molecule has 0 radical (unpaired) electrons. The normalized spacial score (nSPS) is 19.0. The van der Waals surface area contributed by atoms with Crippen LogP contribution in [0.25, 0.3) is 0 Å². The van der Waals surface area contributed by atoms with Crippen LogP contribution in [0.4, 0.5) is 10.5 Å². The van der Waals surface area contributed by atoms with Crippen LogP contribution in [0.1, 0.15) is 76.3 Å². The number of nitrogens with one attached hydrogen (secondary N) is 1. The van der Waals surface area contributed by atoms with Gasteiger partial charge in [-0.1, -0.05) is 18.9 Å². The molecule has 1 aromatic carbocycles. The van der Waals surface area contributed by atoms with Gasteiger partial charge in [0.05, 0.1) is 11.3 Å². The summed E-state index contributed by atoms with van der Waals surface area (Å²) in [6.07, 6.45) is 6.50. The van der Waals surface area contributed by atoms with Crippen molar-refractivity contribution in [3.63, 3.8) is 0 Å². The van der Waals surface area contributed by atoms with E-state index in [1.54, 1.807) is 4.90 Å². The number of nitrogens with zero attached hydrogens (tertiary/aromatic N) is 2. The van der Waals surface area contributed by atoms with Crippen molar-refractivity contribution in [1.29, 1.82) is 5.26 Å². The molecule has 1 aliphatic heterocycles. The van der Waals surface area contributed by atoms with Crippen LogP contribution in [0.5, 0.6) is 0 Å². The first-order valence-electron chi connectivity index (χ1n) is 10.1. The molecule has 1 heterocycles. The zero-order valence-corrected chi connectivity index (χ0v) is 16.8. The fourth-order valence-electron chi connectivity index (χ4n) is 4.05. The molecule has 1 aromatic rings. The van der Waals surface area contributed by atoms with Crippen LogP contribution in [0.2, 0.25) is 0 Å². The second-order valence-electron chi connectivity index (χ2n) is 8.78. The summed E-state index contributed by atoms with van der Waals surface area (Å²) in [4.78, 5) is 14.0. The van der Waals surface area contributed by atoms with Crippen LogP contribution in [-0.4, -0.2) is 35.7 Å². The molecule has 0 unspecified atom stereocenters. The van der Waals surface area contributed by atoms with Crippen molar-refractivity contribution in [2.45, 2.75) is 76.9 Å². The second kappa shape index (κ2) is 8.21. The molecule has 1 N–H and O–H groups in total. The van der Waals surface area contributed by atoms with Crippen molar-refractivity contribution in [3.8, 4) is 6.07 Å². The maximum atomic E-state index is 12.2. The van der Waals surface area contributed by atoms with Crippen molar-refractivity contribution in [2.75, 3.05) is 18.4 Å². The zero-order chi connectivity index (χ0) is 19.4. The minimum absolute atomic E-state index is 0.227. The highest BCUT2D eigenvalue weighted by molar-refractivity contribution is 5.68. The van der Waals surface area contributed by atoms with E-state index in [-0.39, 0.29) is 6.09 Å². The average molecular weight is 370 g/mol. The third-order valence-electron chi connectivity index (χ3n) is 5.50. The molecule has 3 rings (SSSR count). The summed E-state index contributed by atoms with van der Waals surface area (Å²) in [6.45, 7) is 7.07. The van der Waals surface area contributed by atoms with E-state index in [1.807, 2.05) is 26.8 Å². The lowest BCUT2D eigenvalue weighted by molar-refractivity contribution is 0.0205. The van der Waals surface area contributed by atoms with E-state index >= 15 is 0 Å². The van der Waals surface area contributed by atoms with Crippen molar-refractivity contribution < 1.29 is 9.53 Å². The van der Waals surface area contributed by atoms with Crippen LogP contribution >= 0.6 is 0 Å². The molecule has 0 aromatic heterocycles. The quantitative estimate of drug-likeness (QED) is 0.812. The Labute approximate surface area is 162 Å².